The minimum atomic E-state index is 0.832. The average Bonchev–Trinajstić information content (AvgIpc) is 2.42. The fourth-order valence-electron chi connectivity index (χ4n) is 14.2. The van der Waals surface area contributed by atoms with E-state index in [4.69, 9.17) is 15.4 Å². The van der Waals surface area contributed by atoms with Crippen LogP contribution in [0.1, 0.15) is 12.5 Å². The molecule has 6 nitrogen and oxygen atoms in total. The number of benzene rings is 12. The van der Waals surface area contributed by atoms with Gasteiger partial charge in [-0.05, 0) is 114 Å². The summed E-state index contributed by atoms with van der Waals surface area (Å²) in [6.07, 6.45) is 4.44. The van der Waals surface area contributed by atoms with Gasteiger partial charge in [0.25, 0.3) is 0 Å². The number of fused-ring (bicyclic) bond motifs is 17. The molecule has 6 heteroatoms. The molecular formula is C79H50N4O2. The van der Waals surface area contributed by atoms with Crippen LogP contribution in [0, 0.1) is 0 Å². The summed E-state index contributed by atoms with van der Waals surface area (Å²) in [5.74, 6) is 0. The van der Waals surface area contributed by atoms with Gasteiger partial charge in [-0.3, -0.25) is 0 Å². The van der Waals surface area contributed by atoms with Crippen LogP contribution in [0.15, 0.2) is 276 Å². The molecule has 0 fully saturated rings. The van der Waals surface area contributed by atoms with Gasteiger partial charge in [0.2, 0.25) is 0 Å². The number of aromatic nitrogens is 2. The summed E-state index contributed by atoms with van der Waals surface area (Å²) in [7, 11) is 0. The second-order valence-corrected chi connectivity index (χ2v) is 22.3. The first kappa shape index (κ1) is 47.3. The maximum Gasteiger partial charge on any atom is 0.159 e. The van der Waals surface area contributed by atoms with Crippen molar-refractivity contribution in [3.63, 3.8) is 0 Å². The van der Waals surface area contributed by atoms with Crippen molar-refractivity contribution in [3.05, 3.63) is 278 Å². The summed E-state index contributed by atoms with van der Waals surface area (Å²) in [6, 6.07) is 93.9. The Labute approximate surface area is 487 Å². The number of hydrogen-bond acceptors (Lipinski definition) is 4. The lowest BCUT2D eigenvalue weighted by Crippen LogP contribution is -2.12. The summed E-state index contributed by atoms with van der Waals surface area (Å²) in [6.45, 7) is 7.15. The van der Waals surface area contributed by atoms with Crippen molar-refractivity contribution >= 4 is 156 Å². The van der Waals surface area contributed by atoms with Crippen molar-refractivity contribution < 1.29 is 8.83 Å². The minimum Gasteiger partial charge on any atom is -0.454 e. The Morgan fingerprint density at radius 1 is 0.341 bits per heavy atom. The normalized spacial score (nSPS) is 12.3. The molecule has 6 aromatic heterocycles. The predicted molar refractivity (Wildman–Crippen MR) is 357 cm³/mol. The number of rotatable bonds is 9. The molecule has 0 aliphatic rings. The maximum atomic E-state index is 6.84. The van der Waals surface area contributed by atoms with Crippen LogP contribution in [-0.2, 0) is 0 Å². The van der Waals surface area contributed by atoms with Crippen LogP contribution in [0.3, 0.4) is 0 Å². The van der Waals surface area contributed by atoms with Crippen LogP contribution >= 0.6 is 0 Å². The number of furan rings is 2. The highest BCUT2D eigenvalue weighted by atomic mass is 16.3. The molecule has 0 saturated carbocycles. The molecule has 0 aliphatic carbocycles. The number of hydrogen-bond donors (Lipinski definition) is 0. The van der Waals surface area contributed by atoms with E-state index in [9.17, 15) is 0 Å². The second-order valence-electron chi connectivity index (χ2n) is 22.3. The predicted octanol–water partition coefficient (Wildman–Crippen LogP) is 21.6. The van der Waals surface area contributed by atoms with E-state index < -0.39 is 0 Å². The number of nitrogens with zero attached hydrogens (tertiary/aromatic N) is 4. The molecule has 0 N–H and O–H groups in total. The lowest BCUT2D eigenvalue weighted by molar-refractivity contribution is 0.669. The Morgan fingerprint density at radius 3 is 1.34 bits per heavy atom. The lowest BCUT2D eigenvalue weighted by Gasteiger charge is -2.27. The van der Waals surface area contributed by atoms with Crippen molar-refractivity contribution in [1.29, 1.82) is 0 Å². The van der Waals surface area contributed by atoms with Gasteiger partial charge in [0.1, 0.15) is 11.2 Å². The number of para-hydroxylation sites is 5. The van der Waals surface area contributed by atoms with E-state index in [0.29, 0.717) is 0 Å². The van der Waals surface area contributed by atoms with Crippen molar-refractivity contribution in [2.45, 2.75) is 6.92 Å². The summed E-state index contributed by atoms with van der Waals surface area (Å²) >= 11 is 0. The van der Waals surface area contributed by atoms with Crippen LogP contribution < -0.4 is 15.0 Å². The first-order valence-electron chi connectivity index (χ1n) is 29.0. The number of anilines is 6. The van der Waals surface area contributed by atoms with E-state index in [-0.39, 0.29) is 0 Å². The van der Waals surface area contributed by atoms with E-state index in [2.05, 4.69) is 286 Å². The van der Waals surface area contributed by atoms with E-state index >= 15 is 0 Å². The minimum absolute atomic E-state index is 0.832. The van der Waals surface area contributed by atoms with Crippen molar-refractivity contribution in [3.8, 4) is 22.3 Å². The Hall–Kier alpha value is -11.3. The van der Waals surface area contributed by atoms with Crippen molar-refractivity contribution in [1.82, 2.24) is 8.80 Å². The van der Waals surface area contributed by atoms with Gasteiger partial charge in [0, 0.05) is 76.0 Å². The maximum absolute atomic E-state index is 6.84. The molecule has 0 spiro atoms. The molecule has 0 amide bonds. The second kappa shape index (κ2) is 18.1. The van der Waals surface area contributed by atoms with E-state index in [1.807, 2.05) is 12.1 Å². The topological polar surface area (TPSA) is 41.6 Å². The van der Waals surface area contributed by atoms with Crippen molar-refractivity contribution in [2.24, 2.45) is 0 Å². The summed E-state index contributed by atoms with van der Waals surface area (Å²) in [5, 5.41) is 12.3. The largest absolute Gasteiger partial charge is 0.454 e. The van der Waals surface area contributed by atoms with Crippen LogP contribution in [0.5, 0.6) is 0 Å². The van der Waals surface area contributed by atoms with E-state index in [1.54, 1.807) is 0 Å². The third-order valence-corrected chi connectivity index (χ3v) is 17.8. The summed E-state index contributed by atoms with van der Waals surface area (Å²) in [5.41, 5.74) is 22.1. The molecule has 398 valence electrons. The highest BCUT2D eigenvalue weighted by molar-refractivity contribution is 6.28. The molecule has 0 atom stereocenters. The lowest BCUT2D eigenvalue weighted by atomic mass is 10.0. The van der Waals surface area contributed by atoms with Gasteiger partial charge in [-0.1, -0.05) is 195 Å². The Balaban J connectivity index is 0.865. The van der Waals surface area contributed by atoms with Crippen LogP contribution in [0.4, 0.5) is 34.1 Å². The van der Waals surface area contributed by atoms with Crippen LogP contribution in [0.2, 0.25) is 0 Å². The smallest absolute Gasteiger partial charge is 0.159 e. The van der Waals surface area contributed by atoms with Gasteiger partial charge in [0.05, 0.1) is 55.8 Å². The third kappa shape index (κ3) is 6.76. The SMILES string of the molecule is C=c1c2c(N(c3ccc(-c4ccccc4)cc3)c3cccc4c3oc3ccccc34)cccc2n2c1c(/C=C\C)c1cc3c(cc12)c1cccc2c4c(N(c5ccc(-c6ccccc6)cc5)c5cccc6c5oc5ccccc56)cccc4n3c12. The fourth-order valence-corrected chi connectivity index (χ4v) is 14.2. The molecule has 6 heterocycles. The van der Waals surface area contributed by atoms with Crippen molar-refractivity contribution in [2.75, 3.05) is 9.80 Å². The fraction of sp³-hybridized carbons (Fsp3) is 0.0127. The molecule has 18 rings (SSSR count). The molecule has 85 heavy (non-hydrogen) atoms. The quantitative estimate of drug-likeness (QED) is 0.144. The molecule has 0 unspecified atom stereocenters. The summed E-state index contributed by atoms with van der Waals surface area (Å²) < 4.78 is 18.7. The molecule has 12 aromatic carbocycles. The third-order valence-electron chi connectivity index (χ3n) is 17.8. The molecule has 0 radical (unpaired) electrons. The zero-order valence-corrected chi connectivity index (χ0v) is 46.3. The molecule has 0 saturated heterocycles. The van der Waals surface area contributed by atoms with Crippen LogP contribution in [0.25, 0.3) is 144 Å². The first-order chi connectivity index (χ1) is 42.1. The Kier molecular flexibility index (Phi) is 10.1. The van der Waals surface area contributed by atoms with E-state index in [1.165, 1.54) is 43.6 Å². The van der Waals surface area contributed by atoms with Gasteiger partial charge in [-0.15, -0.1) is 0 Å². The van der Waals surface area contributed by atoms with Gasteiger partial charge < -0.3 is 27.4 Å². The van der Waals surface area contributed by atoms with Crippen LogP contribution in [-0.4, -0.2) is 8.80 Å². The highest BCUT2D eigenvalue weighted by Gasteiger charge is 2.29. The Morgan fingerprint density at radius 2 is 0.765 bits per heavy atom. The van der Waals surface area contributed by atoms with Gasteiger partial charge in [-0.25, -0.2) is 0 Å². The van der Waals surface area contributed by atoms with Gasteiger partial charge >= 0.3 is 0 Å². The zero-order chi connectivity index (χ0) is 56.0. The standard InChI is InChI=1S/C79H50N4O2/c1-3-19-57-62-46-71-63(47-70(62)82-65-31-17-30-64(74(65)48(2)76(57)82)80(53-42-38-51(39-43-53)49-20-6-4-7-21-49)68-34-15-27-59-55-24-10-12-36-72(55)84-78(59)68)58-26-14-29-61-75-66(32-18-33-67(75)83(71)77(58)61)81(54-44-40-52(41-45-54)50-22-8-5-9-23-50)69-35-16-28-60-56-25-11-13-37-73(56)85-79(60)69/h3-47H,2H2,1H3/b19-3-. The molecule has 0 bridgehead atoms. The highest BCUT2D eigenvalue weighted by Crippen LogP contribution is 2.51. The average molecular weight is 1090 g/mol. The molecule has 18 aromatic rings. The monoisotopic (exact) mass is 1090 g/mol. The molecule has 0 aliphatic heterocycles. The van der Waals surface area contributed by atoms with Gasteiger partial charge in [-0.2, -0.15) is 0 Å². The molecular weight excluding hydrogens is 1040 g/mol. The first-order valence-corrected chi connectivity index (χ1v) is 29.0. The number of allylic oxidation sites excluding steroid dienone is 1. The van der Waals surface area contributed by atoms with Gasteiger partial charge in [0.15, 0.2) is 11.2 Å². The zero-order valence-electron chi connectivity index (χ0n) is 46.3. The Bertz CT molecular complexity index is 5810. The van der Waals surface area contributed by atoms with E-state index in [0.717, 1.165) is 133 Å². The summed E-state index contributed by atoms with van der Waals surface area (Å²) in [4.78, 5) is 4.78.